The maximum Gasteiger partial charge on any atom is 0.227 e. The summed E-state index contributed by atoms with van der Waals surface area (Å²) in [6.45, 7) is 6.18. The van der Waals surface area contributed by atoms with Gasteiger partial charge in [0.05, 0.1) is 5.92 Å². The lowest BCUT2D eigenvalue weighted by molar-refractivity contribution is -0.123. The van der Waals surface area contributed by atoms with E-state index in [0.29, 0.717) is 6.54 Å². The van der Waals surface area contributed by atoms with E-state index in [4.69, 9.17) is 0 Å². The monoisotopic (exact) mass is 377 g/mol. The molecule has 0 radical (unpaired) electrons. The van der Waals surface area contributed by atoms with Crippen molar-refractivity contribution in [1.82, 2.24) is 15.1 Å². The van der Waals surface area contributed by atoms with Gasteiger partial charge in [-0.2, -0.15) is 0 Å². The molecule has 2 aromatic carbocycles. The molecule has 1 aliphatic carbocycles. The third-order valence-corrected chi connectivity index (χ3v) is 6.18. The molecular weight excluding hydrogens is 346 g/mol. The largest absolute Gasteiger partial charge is 0.351 e. The van der Waals surface area contributed by atoms with Crippen molar-refractivity contribution in [2.24, 2.45) is 0 Å². The average molecular weight is 378 g/mol. The van der Waals surface area contributed by atoms with Crippen molar-refractivity contribution in [1.29, 1.82) is 0 Å². The lowest BCUT2D eigenvalue weighted by atomic mass is 9.82. The van der Waals surface area contributed by atoms with Crippen molar-refractivity contribution in [2.75, 3.05) is 33.2 Å². The minimum atomic E-state index is 0.00135. The van der Waals surface area contributed by atoms with Gasteiger partial charge in [0.25, 0.3) is 0 Å². The standard InChI is InChI=1S/C24H31N3O/c1-26-13-15-27(16-14-26)18-20-11-9-19(10-12-20)17-25-24(28)23-8-4-6-21-5-2-3-7-22(21)23/h2-3,5,7,9-12,23H,4,6,8,13-18H2,1H3,(H,25,28)/t23-/m0/s1. The van der Waals surface area contributed by atoms with Crippen LogP contribution in [0.15, 0.2) is 48.5 Å². The minimum absolute atomic E-state index is 0.00135. The zero-order chi connectivity index (χ0) is 19.3. The van der Waals surface area contributed by atoms with Gasteiger partial charge in [0.1, 0.15) is 0 Å². The summed E-state index contributed by atoms with van der Waals surface area (Å²) in [6, 6.07) is 17.1. The van der Waals surface area contributed by atoms with Crippen LogP contribution in [0.25, 0.3) is 0 Å². The predicted molar refractivity (Wildman–Crippen MR) is 113 cm³/mol. The Labute approximate surface area is 168 Å². The second-order valence-electron chi connectivity index (χ2n) is 8.26. The molecule has 0 aromatic heterocycles. The summed E-state index contributed by atoms with van der Waals surface area (Å²) in [5, 5.41) is 3.16. The Morgan fingerprint density at radius 2 is 1.71 bits per heavy atom. The van der Waals surface area contributed by atoms with Gasteiger partial charge in [0.2, 0.25) is 5.91 Å². The number of fused-ring (bicyclic) bond motifs is 1. The molecule has 1 saturated heterocycles. The fraction of sp³-hybridized carbons (Fsp3) is 0.458. The number of piperazine rings is 1. The number of hydrogen-bond donors (Lipinski definition) is 1. The Morgan fingerprint density at radius 3 is 2.50 bits per heavy atom. The summed E-state index contributed by atoms with van der Waals surface area (Å²) in [6.07, 6.45) is 3.14. The second-order valence-corrected chi connectivity index (χ2v) is 8.26. The highest BCUT2D eigenvalue weighted by atomic mass is 16.1. The summed E-state index contributed by atoms with van der Waals surface area (Å²) in [4.78, 5) is 17.7. The molecule has 0 saturated carbocycles. The summed E-state index contributed by atoms with van der Waals surface area (Å²) in [7, 11) is 2.19. The molecule has 4 rings (SSSR count). The van der Waals surface area contributed by atoms with E-state index in [9.17, 15) is 4.79 Å². The van der Waals surface area contributed by atoms with E-state index in [1.54, 1.807) is 0 Å². The number of rotatable bonds is 5. The molecule has 0 unspecified atom stereocenters. The SMILES string of the molecule is CN1CCN(Cc2ccc(CNC(=O)[C@H]3CCCc4ccccc43)cc2)CC1. The third-order valence-electron chi connectivity index (χ3n) is 6.18. The maximum absolute atomic E-state index is 12.8. The molecule has 28 heavy (non-hydrogen) atoms. The smallest absolute Gasteiger partial charge is 0.227 e. The fourth-order valence-corrected chi connectivity index (χ4v) is 4.37. The minimum Gasteiger partial charge on any atom is -0.351 e. The van der Waals surface area contributed by atoms with E-state index in [-0.39, 0.29) is 11.8 Å². The van der Waals surface area contributed by atoms with Crippen molar-refractivity contribution < 1.29 is 4.79 Å². The highest BCUT2D eigenvalue weighted by molar-refractivity contribution is 5.84. The number of nitrogens with zero attached hydrogens (tertiary/aromatic N) is 2. The van der Waals surface area contributed by atoms with Crippen LogP contribution in [0, 0.1) is 0 Å². The number of nitrogens with one attached hydrogen (secondary N) is 1. The second kappa shape index (κ2) is 8.89. The number of amides is 1. The van der Waals surface area contributed by atoms with Crippen LogP contribution in [-0.4, -0.2) is 48.9 Å². The number of aryl methyl sites for hydroxylation is 1. The van der Waals surface area contributed by atoms with Gasteiger partial charge in [-0.05, 0) is 48.6 Å². The third kappa shape index (κ3) is 4.62. The lowest BCUT2D eigenvalue weighted by Gasteiger charge is -2.32. The van der Waals surface area contributed by atoms with Crippen molar-refractivity contribution in [3.63, 3.8) is 0 Å². The molecule has 4 heteroatoms. The topological polar surface area (TPSA) is 35.6 Å². The Morgan fingerprint density at radius 1 is 1.00 bits per heavy atom. The van der Waals surface area contributed by atoms with Gasteiger partial charge in [-0.25, -0.2) is 0 Å². The molecule has 2 aliphatic rings. The van der Waals surface area contributed by atoms with E-state index in [2.05, 4.69) is 64.6 Å². The number of likely N-dealkylation sites (N-methyl/N-ethyl adjacent to an activating group) is 1. The van der Waals surface area contributed by atoms with Gasteiger partial charge >= 0.3 is 0 Å². The van der Waals surface area contributed by atoms with E-state index in [1.165, 1.54) is 22.3 Å². The van der Waals surface area contributed by atoms with Crippen molar-refractivity contribution in [2.45, 2.75) is 38.3 Å². The van der Waals surface area contributed by atoms with Crippen LogP contribution in [-0.2, 0) is 24.3 Å². The van der Waals surface area contributed by atoms with Crippen LogP contribution in [0.1, 0.15) is 41.0 Å². The zero-order valence-corrected chi connectivity index (χ0v) is 16.9. The molecule has 1 aliphatic heterocycles. The van der Waals surface area contributed by atoms with Gasteiger partial charge in [-0.3, -0.25) is 9.69 Å². The highest BCUT2D eigenvalue weighted by Crippen LogP contribution is 2.31. The number of benzene rings is 2. The number of hydrogen-bond acceptors (Lipinski definition) is 3. The number of carbonyl (C=O) groups is 1. The quantitative estimate of drug-likeness (QED) is 0.869. The van der Waals surface area contributed by atoms with Crippen LogP contribution < -0.4 is 5.32 Å². The molecule has 1 atom stereocenters. The Balaban J connectivity index is 1.30. The Kier molecular flexibility index (Phi) is 6.08. The van der Waals surface area contributed by atoms with Gasteiger partial charge in [-0.15, -0.1) is 0 Å². The summed E-state index contributed by atoms with van der Waals surface area (Å²) in [5.74, 6) is 0.162. The summed E-state index contributed by atoms with van der Waals surface area (Å²) < 4.78 is 0. The molecule has 4 nitrogen and oxygen atoms in total. The normalized spacial score (nSPS) is 20.5. The first-order chi connectivity index (χ1) is 13.7. The summed E-state index contributed by atoms with van der Waals surface area (Å²) >= 11 is 0. The average Bonchev–Trinajstić information content (AvgIpc) is 2.74. The molecule has 0 spiro atoms. The zero-order valence-electron chi connectivity index (χ0n) is 16.9. The first-order valence-corrected chi connectivity index (χ1v) is 10.5. The molecule has 1 amide bonds. The van der Waals surface area contributed by atoms with Gasteiger partial charge < -0.3 is 10.2 Å². The van der Waals surface area contributed by atoms with Crippen LogP contribution >= 0.6 is 0 Å². The fourth-order valence-electron chi connectivity index (χ4n) is 4.37. The van der Waals surface area contributed by atoms with Crippen LogP contribution in [0.3, 0.4) is 0 Å². The van der Waals surface area contributed by atoms with Gasteiger partial charge in [0, 0.05) is 39.3 Å². The van der Waals surface area contributed by atoms with E-state index in [1.807, 2.05) is 6.07 Å². The predicted octanol–water partition coefficient (Wildman–Crippen LogP) is 3.17. The molecule has 1 fully saturated rings. The van der Waals surface area contributed by atoms with Gasteiger partial charge in [-0.1, -0.05) is 48.5 Å². The van der Waals surface area contributed by atoms with Gasteiger partial charge in [0.15, 0.2) is 0 Å². The number of carbonyl (C=O) groups excluding carboxylic acids is 1. The molecular formula is C24H31N3O. The lowest BCUT2D eigenvalue weighted by Crippen LogP contribution is -2.43. The molecule has 2 aromatic rings. The van der Waals surface area contributed by atoms with Crippen molar-refractivity contribution >= 4 is 5.91 Å². The van der Waals surface area contributed by atoms with Crippen LogP contribution in [0.2, 0.25) is 0 Å². The molecule has 1 N–H and O–H groups in total. The Hall–Kier alpha value is -2.17. The first kappa shape index (κ1) is 19.2. The van der Waals surface area contributed by atoms with Crippen LogP contribution in [0.4, 0.5) is 0 Å². The molecule has 148 valence electrons. The highest BCUT2D eigenvalue weighted by Gasteiger charge is 2.25. The maximum atomic E-state index is 12.8. The van der Waals surface area contributed by atoms with Crippen LogP contribution in [0.5, 0.6) is 0 Å². The molecule has 0 bridgehead atoms. The van der Waals surface area contributed by atoms with Crippen molar-refractivity contribution in [3.05, 3.63) is 70.8 Å². The van der Waals surface area contributed by atoms with E-state index in [0.717, 1.165) is 52.0 Å². The van der Waals surface area contributed by atoms with Crippen molar-refractivity contribution in [3.8, 4) is 0 Å². The Bertz CT molecular complexity index is 794. The van der Waals surface area contributed by atoms with E-state index >= 15 is 0 Å². The first-order valence-electron chi connectivity index (χ1n) is 10.5. The molecule has 1 heterocycles. The summed E-state index contributed by atoms with van der Waals surface area (Å²) in [5.41, 5.74) is 5.07. The van der Waals surface area contributed by atoms with E-state index < -0.39 is 0 Å².